The number of ether oxygens (including phenoxy) is 1. The molecular formula is C29H28F3N5O3S2. The zero-order chi connectivity index (χ0) is 30.4. The van der Waals surface area contributed by atoms with Gasteiger partial charge in [-0.25, -0.2) is 8.42 Å². The first kappa shape index (κ1) is 29.4. The molecule has 2 N–H and O–H groups in total. The van der Waals surface area contributed by atoms with Gasteiger partial charge in [0.2, 0.25) is 10.0 Å². The Morgan fingerprint density at radius 3 is 2.43 bits per heavy atom. The van der Waals surface area contributed by atoms with Crippen LogP contribution in [-0.4, -0.2) is 36.4 Å². The Balaban J connectivity index is 1.66. The maximum atomic E-state index is 13.5. The van der Waals surface area contributed by atoms with Crippen LogP contribution in [0.1, 0.15) is 40.3 Å². The molecule has 4 aromatic rings. The summed E-state index contributed by atoms with van der Waals surface area (Å²) in [6, 6.07) is 16.8. The van der Waals surface area contributed by atoms with Gasteiger partial charge in [-0.2, -0.15) is 13.2 Å². The Labute approximate surface area is 247 Å². The Morgan fingerprint density at radius 1 is 1.02 bits per heavy atom. The van der Waals surface area contributed by atoms with E-state index in [0.717, 1.165) is 41.0 Å². The molecule has 0 spiro atoms. The first-order chi connectivity index (χ1) is 19.8. The smallest absolute Gasteiger partial charge is 0.416 e. The SMILES string of the molecule is COc1cc(N2C(=S)NC(c3ccccn3)C2c2cc(C)n(-c3cccc(C(F)(F)F)c3)c2C)ccc1NS(C)(=O)=O. The van der Waals surface area contributed by atoms with Crippen molar-refractivity contribution in [3.63, 3.8) is 0 Å². The van der Waals surface area contributed by atoms with E-state index >= 15 is 0 Å². The van der Waals surface area contributed by atoms with E-state index < -0.39 is 33.8 Å². The molecule has 5 rings (SSSR count). The van der Waals surface area contributed by atoms with Gasteiger partial charge in [0.05, 0.1) is 42.4 Å². The zero-order valence-electron chi connectivity index (χ0n) is 23.1. The number of nitrogens with zero attached hydrogens (tertiary/aromatic N) is 3. The molecule has 2 aromatic heterocycles. The third kappa shape index (κ3) is 5.66. The topological polar surface area (TPSA) is 88.5 Å². The summed E-state index contributed by atoms with van der Waals surface area (Å²) in [7, 11) is -2.13. The molecule has 220 valence electrons. The quantitative estimate of drug-likeness (QED) is 0.244. The summed E-state index contributed by atoms with van der Waals surface area (Å²) < 4.78 is 74.1. The second-order valence-electron chi connectivity index (χ2n) is 9.97. The van der Waals surface area contributed by atoms with E-state index in [-0.39, 0.29) is 11.4 Å². The van der Waals surface area contributed by atoms with Crippen molar-refractivity contribution in [3.8, 4) is 11.4 Å². The maximum absolute atomic E-state index is 13.5. The van der Waals surface area contributed by atoms with Crippen LogP contribution in [0.3, 0.4) is 0 Å². The second kappa shape index (κ2) is 11.0. The number of benzene rings is 2. The van der Waals surface area contributed by atoms with Crippen molar-refractivity contribution in [2.45, 2.75) is 32.1 Å². The predicted molar refractivity (Wildman–Crippen MR) is 160 cm³/mol. The molecular weight excluding hydrogens is 587 g/mol. The first-order valence-electron chi connectivity index (χ1n) is 12.8. The van der Waals surface area contributed by atoms with Gasteiger partial charge in [0, 0.05) is 35.0 Å². The number of thiocarbonyl (C=S) groups is 1. The van der Waals surface area contributed by atoms with E-state index in [1.807, 2.05) is 36.9 Å². The molecule has 0 saturated carbocycles. The molecule has 1 aliphatic heterocycles. The van der Waals surface area contributed by atoms with Crippen molar-refractivity contribution in [3.05, 3.63) is 101 Å². The van der Waals surface area contributed by atoms with Gasteiger partial charge in [-0.05, 0) is 80.2 Å². The number of methoxy groups -OCH3 is 1. The van der Waals surface area contributed by atoms with Gasteiger partial charge in [-0.15, -0.1) is 0 Å². The molecule has 2 unspecified atom stereocenters. The van der Waals surface area contributed by atoms with Crippen LogP contribution in [-0.2, 0) is 16.2 Å². The van der Waals surface area contributed by atoms with Crippen molar-refractivity contribution in [2.75, 3.05) is 23.0 Å². The van der Waals surface area contributed by atoms with Crippen LogP contribution in [0.25, 0.3) is 5.69 Å². The summed E-state index contributed by atoms with van der Waals surface area (Å²) in [5.74, 6) is 0.287. The van der Waals surface area contributed by atoms with Gasteiger partial charge in [-0.3, -0.25) is 9.71 Å². The van der Waals surface area contributed by atoms with Crippen LogP contribution in [0.5, 0.6) is 5.75 Å². The Hall–Kier alpha value is -4.10. The molecule has 8 nitrogen and oxygen atoms in total. The number of aryl methyl sites for hydroxylation is 1. The molecule has 2 atom stereocenters. The van der Waals surface area contributed by atoms with E-state index in [0.29, 0.717) is 16.5 Å². The minimum absolute atomic E-state index is 0.266. The molecule has 2 aromatic carbocycles. The summed E-state index contributed by atoms with van der Waals surface area (Å²) in [5, 5.41) is 3.76. The lowest BCUT2D eigenvalue weighted by Gasteiger charge is -2.29. The van der Waals surface area contributed by atoms with Gasteiger partial charge in [-0.1, -0.05) is 12.1 Å². The minimum atomic E-state index is -4.48. The average molecular weight is 616 g/mol. The van der Waals surface area contributed by atoms with Crippen molar-refractivity contribution in [2.24, 2.45) is 0 Å². The van der Waals surface area contributed by atoms with Gasteiger partial charge in [0.25, 0.3) is 0 Å². The van der Waals surface area contributed by atoms with E-state index in [9.17, 15) is 21.6 Å². The number of hydrogen-bond acceptors (Lipinski definition) is 5. The number of nitrogens with one attached hydrogen (secondary N) is 2. The fraction of sp³-hybridized carbons (Fsp3) is 0.241. The third-order valence-electron chi connectivity index (χ3n) is 7.08. The zero-order valence-corrected chi connectivity index (χ0v) is 24.7. The van der Waals surface area contributed by atoms with Crippen LogP contribution < -0.4 is 19.7 Å². The molecule has 1 saturated heterocycles. The van der Waals surface area contributed by atoms with Crippen LogP contribution in [0, 0.1) is 13.8 Å². The standard InChI is InChI=1S/C29H28F3N5O3S2/c1-17-14-22(18(2)36(17)20-9-7-8-19(15-20)29(30,31)32)27-26(24-10-5-6-13-33-24)34-28(41)37(27)21-11-12-23(25(16-21)40-3)35-42(4,38)39/h5-16,26-27,35H,1-4H3,(H,34,41). The van der Waals surface area contributed by atoms with Crippen LogP contribution in [0.15, 0.2) is 72.9 Å². The number of pyridine rings is 1. The fourth-order valence-electron chi connectivity index (χ4n) is 5.37. The monoisotopic (exact) mass is 615 g/mol. The second-order valence-corrected chi connectivity index (χ2v) is 12.1. The molecule has 3 heterocycles. The summed E-state index contributed by atoms with van der Waals surface area (Å²) in [5.41, 5.74) is 3.56. The largest absolute Gasteiger partial charge is 0.494 e. The number of alkyl halides is 3. The summed E-state index contributed by atoms with van der Waals surface area (Å²) in [6.45, 7) is 3.70. The highest BCUT2D eigenvalue weighted by Gasteiger charge is 2.42. The molecule has 1 aliphatic rings. The Morgan fingerprint density at radius 2 is 1.79 bits per heavy atom. The number of rotatable bonds is 7. The van der Waals surface area contributed by atoms with Gasteiger partial charge < -0.3 is 19.5 Å². The normalized spacial score (nSPS) is 17.3. The lowest BCUT2D eigenvalue weighted by atomic mass is 9.96. The number of aromatic nitrogens is 2. The molecule has 0 radical (unpaired) electrons. The average Bonchev–Trinajstić information content (AvgIpc) is 3.43. The van der Waals surface area contributed by atoms with Crippen molar-refractivity contribution in [1.29, 1.82) is 0 Å². The van der Waals surface area contributed by atoms with Gasteiger partial charge in [0.15, 0.2) is 5.11 Å². The number of sulfonamides is 1. The Bertz CT molecular complexity index is 1760. The van der Waals surface area contributed by atoms with E-state index in [1.165, 1.54) is 13.2 Å². The van der Waals surface area contributed by atoms with E-state index in [1.54, 1.807) is 41.1 Å². The van der Waals surface area contributed by atoms with Crippen molar-refractivity contribution < 1.29 is 26.3 Å². The van der Waals surface area contributed by atoms with Crippen molar-refractivity contribution >= 4 is 38.7 Å². The number of anilines is 2. The fourth-order valence-corrected chi connectivity index (χ4v) is 6.28. The molecule has 0 amide bonds. The molecule has 13 heteroatoms. The summed E-state index contributed by atoms with van der Waals surface area (Å²) >= 11 is 5.81. The number of hydrogen-bond donors (Lipinski definition) is 2. The lowest BCUT2D eigenvalue weighted by Crippen LogP contribution is -2.29. The van der Waals surface area contributed by atoms with Gasteiger partial charge >= 0.3 is 6.18 Å². The highest BCUT2D eigenvalue weighted by molar-refractivity contribution is 7.92. The molecule has 0 bridgehead atoms. The highest BCUT2D eigenvalue weighted by atomic mass is 32.2. The minimum Gasteiger partial charge on any atom is -0.494 e. The predicted octanol–water partition coefficient (Wildman–Crippen LogP) is 6.07. The molecule has 0 aliphatic carbocycles. The Kier molecular flexibility index (Phi) is 7.66. The lowest BCUT2D eigenvalue weighted by molar-refractivity contribution is -0.137. The first-order valence-corrected chi connectivity index (χ1v) is 15.1. The maximum Gasteiger partial charge on any atom is 0.416 e. The van der Waals surface area contributed by atoms with Gasteiger partial charge in [0.1, 0.15) is 5.75 Å². The van der Waals surface area contributed by atoms with Crippen LogP contribution in [0.4, 0.5) is 24.5 Å². The summed E-state index contributed by atoms with van der Waals surface area (Å²) in [4.78, 5) is 6.45. The summed E-state index contributed by atoms with van der Waals surface area (Å²) in [6.07, 6.45) is -1.75. The highest BCUT2D eigenvalue weighted by Crippen LogP contribution is 2.45. The van der Waals surface area contributed by atoms with Crippen LogP contribution in [0.2, 0.25) is 0 Å². The number of halogens is 3. The van der Waals surface area contributed by atoms with E-state index in [4.69, 9.17) is 17.0 Å². The third-order valence-corrected chi connectivity index (χ3v) is 7.98. The van der Waals surface area contributed by atoms with Crippen molar-refractivity contribution in [1.82, 2.24) is 14.9 Å². The molecule has 1 fully saturated rings. The van der Waals surface area contributed by atoms with E-state index in [2.05, 4.69) is 15.0 Å². The van der Waals surface area contributed by atoms with Crippen LogP contribution >= 0.6 is 12.2 Å². The molecule has 42 heavy (non-hydrogen) atoms.